The van der Waals surface area contributed by atoms with Gasteiger partial charge >= 0.3 is 0 Å². The lowest BCUT2D eigenvalue weighted by Crippen LogP contribution is -2.34. The van der Waals surface area contributed by atoms with Gasteiger partial charge in [-0.2, -0.15) is 0 Å². The fourth-order valence-corrected chi connectivity index (χ4v) is 1.83. The van der Waals surface area contributed by atoms with Crippen LogP contribution >= 0.6 is 23.2 Å². The summed E-state index contributed by atoms with van der Waals surface area (Å²) in [6, 6.07) is 2.09. The molecule has 0 fully saturated rings. The van der Waals surface area contributed by atoms with E-state index in [1.165, 1.54) is 6.92 Å². The van der Waals surface area contributed by atoms with Crippen molar-refractivity contribution < 1.29 is 19.4 Å². The van der Waals surface area contributed by atoms with Crippen LogP contribution < -0.4 is 5.32 Å². The summed E-state index contributed by atoms with van der Waals surface area (Å²) in [6.07, 6.45) is -2.72. The van der Waals surface area contributed by atoms with Crippen molar-refractivity contribution in [2.45, 2.75) is 19.1 Å². The first-order chi connectivity index (χ1) is 8.32. The number of aliphatic hydroxyl groups is 2. The highest BCUT2D eigenvalue weighted by molar-refractivity contribution is 6.35. The van der Waals surface area contributed by atoms with Crippen LogP contribution in [0.15, 0.2) is 12.1 Å². The summed E-state index contributed by atoms with van der Waals surface area (Å²) in [7, 11) is 0. The van der Waals surface area contributed by atoms with E-state index in [2.05, 4.69) is 5.32 Å². The minimum absolute atomic E-state index is 0.0106. The molecule has 0 bridgehead atoms. The lowest BCUT2D eigenvalue weighted by Gasteiger charge is -2.19. The fraction of sp³-hybridized carbons (Fsp3) is 0.364. The van der Waals surface area contributed by atoms with Crippen LogP contribution in [-0.4, -0.2) is 28.8 Å². The second-order valence-corrected chi connectivity index (χ2v) is 4.55. The molecular weight excluding hydrogens is 284 g/mol. The number of carbonyl (C=O) groups excluding carboxylic acids is 1. The van der Waals surface area contributed by atoms with Crippen molar-refractivity contribution in [3.8, 4) is 0 Å². The van der Waals surface area contributed by atoms with Gasteiger partial charge in [0.1, 0.15) is 18.0 Å². The van der Waals surface area contributed by atoms with Crippen LogP contribution in [0.2, 0.25) is 10.0 Å². The molecule has 1 aromatic carbocycles. The van der Waals surface area contributed by atoms with Crippen molar-refractivity contribution >= 4 is 29.1 Å². The smallest absolute Gasteiger partial charge is 0.216 e. The molecule has 1 rings (SSSR count). The number of benzene rings is 1. The van der Waals surface area contributed by atoms with Crippen molar-refractivity contribution in [1.29, 1.82) is 0 Å². The van der Waals surface area contributed by atoms with E-state index >= 15 is 0 Å². The number of carbonyl (C=O) groups is 1. The minimum atomic E-state index is -1.42. The van der Waals surface area contributed by atoms with E-state index in [1.807, 2.05) is 0 Å². The van der Waals surface area contributed by atoms with Crippen LogP contribution in [0.25, 0.3) is 0 Å². The number of halogens is 3. The second-order valence-electron chi connectivity index (χ2n) is 3.74. The average molecular weight is 296 g/mol. The molecule has 3 N–H and O–H groups in total. The van der Waals surface area contributed by atoms with E-state index in [4.69, 9.17) is 23.2 Å². The Morgan fingerprint density at radius 2 is 2.00 bits per heavy atom. The third-order valence-corrected chi connectivity index (χ3v) is 2.90. The number of aliphatic hydroxyl groups excluding tert-OH is 2. The van der Waals surface area contributed by atoms with Crippen LogP contribution in [0.3, 0.4) is 0 Å². The molecule has 0 spiro atoms. The molecule has 18 heavy (non-hydrogen) atoms. The predicted molar refractivity (Wildman–Crippen MR) is 66.1 cm³/mol. The Morgan fingerprint density at radius 3 is 2.56 bits per heavy atom. The molecule has 1 amide bonds. The summed E-state index contributed by atoms with van der Waals surface area (Å²) in [5.41, 5.74) is 0.0106. The molecule has 0 saturated carbocycles. The van der Waals surface area contributed by atoms with Gasteiger partial charge < -0.3 is 15.5 Å². The van der Waals surface area contributed by atoms with Crippen LogP contribution in [0.4, 0.5) is 4.39 Å². The number of rotatable bonds is 4. The maximum Gasteiger partial charge on any atom is 0.216 e. The molecule has 0 aliphatic heterocycles. The zero-order valence-corrected chi connectivity index (χ0v) is 11.0. The van der Waals surface area contributed by atoms with Gasteiger partial charge in [-0.15, -0.1) is 0 Å². The molecular formula is C11H12Cl2FNO3. The summed E-state index contributed by atoms with van der Waals surface area (Å²) < 4.78 is 13.2. The van der Waals surface area contributed by atoms with Crippen LogP contribution in [0.5, 0.6) is 0 Å². The molecule has 2 unspecified atom stereocenters. The maximum atomic E-state index is 13.2. The number of hydrogen-bond acceptors (Lipinski definition) is 3. The van der Waals surface area contributed by atoms with Gasteiger partial charge in [0.05, 0.1) is 5.02 Å². The molecule has 2 atom stereocenters. The largest absolute Gasteiger partial charge is 0.388 e. The topological polar surface area (TPSA) is 69.6 Å². The SMILES string of the molecule is CC(=O)NCC(O)C(O)c1cc(F)c(Cl)cc1Cl. The van der Waals surface area contributed by atoms with Gasteiger partial charge in [-0.05, 0) is 12.1 Å². The average Bonchev–Trinajstić information content (AvgIpc) is 2.29. The van der Waals surface area contributed by atoms with Crippen LogP contribution in [0.1, 0.15) is 18.6 Å². The van der Waals surface area contributed by atoms with Gasteiger partial charge in [-0.25, -0.2) is 4.39 Å². The van der Waals surface area contributed by atoms with Crippen LogP contribution in [-0.2, 0) is 4.79 Å². The lowest BCUT2D eigenvalue weighted by molar-refractivity contribution is -0.119. The Balaban J connectivity index is 2.86. The first-order valence-corrected chi connectivity index (χ1v) is 5.83. The molecule has 0 aliphatic carbocycles. The van der Waals surface area contributed by atoms with E-state index in [0.717, 1.165) is 12.1 Å². The van der Waals surface area contributed by atoms with E-state index in [0.29, 0.717) is 0 Å². The van der Waals surface area contributed by atoms with Crippen molar-refractivity contribution in [1.82, 2.24) is 5.32 Å². The molecule has 1 aromatic rings. The van der Waals surface area contributed by atoms with Gasteiger partial charge in [0.25, 0.3) is 0 Å². The summed E-state index contributed by atoms with van der Waals surface area (Å²) in [6.45, 7) is 1.10. The zero-order chi connectivity index (χ0) is 13.9. The predicted octanol–water partition coefficient (Wildman–Crippen LogP) is 1.66. The Labute approximate surface area is 113 Å². The second kappa shape index (κ2) is 6.33. The van der Waals surface area contributed by atoms with E-state index in [9.17, 15) is 19.4 Å². The standard InChI is InChI=1S/C11H12Cl2FNO3/c1-5(16)15-4-10(17)11(18)6-2-9(14)8(13)3-7(6)12/h2-3,10-11,17-18H,4H2,1H3,(H,15,16). The third-order valence-electron chi connectivity index (χ3n) is 2.28. The van der Waals surface area contributed by atoms with Crippen molar-refractivity contribution in [2.75, 3.05) is 6.54 Å². The molecule has 100 valence electrons. The van der Waals surface area contributed by atoms with Crippen molar-refractivity contribution in [2.24, 2.45) is 0 Å². The molecule has 0 radical (unpaired) electrons. The molecule has 0 heterocycles. The summed E-state index contributed by atoms with van der Waals surface area (Å²) in [5.74, 6) is -1.10. The van der Waals surface area contributed by atoms with Crippen LogP contribution in [0, 0.1) is 5.82 Å². The van der Waals surface area contributed by atoms with Crippen molar-refractivity contribution in [3.05, 3.63) is 33.6 Å². The molecule has 0 aromatic heterocycles. The Hall–Kier alpha value is -0.880. The molecule has 0 saturated heterocycles. The third kappa shape index (κ3) is 3.81. The van der Waals surface area contributed by atoms with E-state index < -0.39 is 18.0 Å². The van der Waals surface area contributed by atoms with E-state index in [-0.39, 0.29) is 28.1 Å². The Bertz CT molecular complexity index is 456. The highest BCUT2D eigenvalue weighted by Gasteiger charge is 2.22. The number of hydrogen-bond donors (Lipinski definition) is 3. The first-order valence-electron chi connectivity index (χ1n) is 5.08. The highest BCUT2D eigenvalue weighted by atomic mass is 35.5. The Morgan fingerprint density at radius 1 is 1.39 bits per heavy atom. The molecule has 7 heteroatoms. The summed E-state index contributed by atoms with van der Waals surface area (Å²) in [4.78, 5) is 10.7. The van der Waals surface area contributed by atoms with Gasteiger partial charge in [-0.1, -0.05) is 23.2 Å². The fourth-order valence-electron chi connectivity index (χ4n) is 1.33. The summed E-state index contributed by atoms with van der Waals surface area (Å²) in [5, 5.41) is 21.6. The van der Waals surface area contributed by atoms with Gasteiger partial charge in [-0.3, -0.25) is 4.79 Å². The number of amides is 1. The first kappa shape index (κ1) is 15.2. The number of nitrogens with one attached hydrogen (secondary N) is 1. The quantitative estimate of drug-likeness (QED) is 0.740. The van der Waals surface area contributed by atoms with E-state index in [1.54, 1.807) is 0 Å². The van der Waals surface area contributed by atoms with Crippen molar-refractivity contribution in [3.63, 3.8) is 0 Å². The Kier molecular flexibility index (Phi) is 5.34. The minimum Gasteiger partial charge on any atom is -0.388 e. The van der Waals surface area contributed by atoms with Gasteiger partial charge in [0.15, 0.2) is 0 Å². The normalized spacial score (nSPS) is 14.1. The maximum absolute atomic E-state index is 13.2. The monoisotopic (exact) mass is 295 g/mol. The molecule has 4 nitrogen and oxygen atoms in total. The lowest BCUT2D eigenvalue weighted by atomic mass is 10.0. The zero-order valence-electron chi connectivity index (χ0n) is 9.45. The summed E-state index contributed by atoms with van der Waals surface area (Å²) >= 11 is 11.3. The highest BCUT2D eigenvalue weighted by Crippen LogP contribution is 2.30. The molecule has 0 aliphatic rings. The van der Waals surface area contributed by atoms with Gasteiger partial charge in [0, 0.05) is 24.1 Å². The van der Waals surface area contributed by atoms with Gasteiger partial charge in [0.2, 0.25) is 5.91 Å².